The number of carboxylic acid groups (broad SMARTS) is 1. The number of unbranched alkanes of at least 4 members (excludes halogenated alkanes) is 3. The Bertz CT molecular complexity index is 872. The predicted molar refractivity (Wildman–Crippen MR) is 114 cm³/mol. The van der Waals surface area contributed by atoms with E-state index in [0.717, 1.165) is 44.4 Å². The largest absolute Gasteiger partial charge is 0.477 e. The maximum atomic E-state index is 13.7. The van der Waals surface area contributed by atoms with Crippen LogP contribution < -0.4 is 15.4 Å². The van der Waals surface area contributed by atoms with Crippen LogP contribution in [0.15, 0.2) is 18.2 Å². The van der Waals surface area contributed by atoms with Crippen LogP contribution in [0, 0.1) is 11.6 Å². The Kier molecular flexibility index (Phi) is 9.60. The van der Waals surface area contributed by atoms with Crippen LogP contribution in [-0.2, 0) is 6.61 Å². The Balaban J connectivity index is 1.87. The minimum atomic E-state index is -1.38. The van der Waals surface area contributed by atoms with Gasteiger partial charge in [-0.3, -0.25) is 5.32 Å². The maximum Gasteiger partial charge on any atom is 0.344 e. The molecule has 1 aromatic carbocycles. The van der Waals surface area contributed by atoms with E-state index in [1.807, 2.05) is 14.1 Å². The van der Waals surface area contributed by atoms with E-state index in [9.17, 15) is 23.5 Å². The number of anilines is 1. The van der Waals surface area contributed by atoms with Crippen molar-refractivity contribution in [2.45, 2.75) is 32.3 Å². The van der Waals surface area contributed by atoms with E-state index < -0.39 is 30.2 Å². The Morgan fingerprint density at radius 1 is 1.16 bits per heavy atom. The molecular weight excluding hydrogens is 430 g/mol. The average Bonchev–Trinajstić information content (AvgIpc) is 3.09. The molecule has 31 heavy (non-hydrogen) atoms. The summed E-state index contributed by atoms with van der Waals surface area (Å²) in [5.74, 6) is -3.33. The molecule has 0 bridgehead atoms. The quantitative estimate of drug-likeness (QED) is 0.418. The summed E-state index contributed by atoms with van der Waals surface area (Å²) in [5.41, 5.74) is -0.717. The summed E-state index contributed by atoms with van der Waals surface area (Å²) in [6, 6.07) is 2.79. The molecule has 0 atom stereocenters. The fraction of sp³-hybridized carbons (Fsp3) is 0.450. The molecule has 11 heteroatoms. The lowest BCUT2D eigenvalue weighted by molar-refractivity contribution is 0.0693. The fourth-order valence-corrected chi connectivity index (χ4v) is 3.44. The van der Waals surface area contributed by atoms with Crippen molar-refractivity contribution in [2.24, 2.45) is 0 Å². The summed E-state index contributed by atoms with van der Waals surface area (Å²) in [7, 11) is 4.04. The van der Waals surface area contributed by atoms with Gasteiger partial charge in [0.1, 0.15) is 23.2 Å². The van der Waals surface area contributed by atoms with Crippen molar-refractivity contribution in [1.82, 2.24) is 14.6 Å². The first-order valence-electron chi connectivity index (χ1n) is 9.77. The number of carboxylic acids is 1. The van der Waals surface area contributed by atoms with Gasteiger partial charge in [0, 0.05) is 6.54 Å². The smallest absolute Gasteiger partial charge is 0.344 e. The number of halogens is 2. The van der Waals surface area contributed by atoms with Gasteiger partial charge in [0.25, 0.3) is 0 Å². The second-order valence-corrected chi connectivity index (χ2v) is 7.86. The van der Waals surface area contributed by atoms with Gasteiger partial charge < -0.3 is 20.1 Å². The Hall–Kier alpha value is -2.79. The summed E-state index contributed by atoms with van der Waals surface area (Å²) in [6.45, 7) is 0.929. The number of nitrogens with one attached hydrogen (secondary N) is 2. The maximum absolute atomic E-state index is 13.7. The summed E-state index contributed by atoms with van der Waals surface area (Å²) >= 11 is 0.709. The van der Waals surface area contributed by atoms with E-state index >= 15 is 0 Å². The van der Waals surface area contributed by atoms with Gasteiger partial charge in [-0.25, -0.2) is 18.4 Å². The number of carbonyl (C=O) groups excluding carboxylic acids is 1. The van der Waals surface area contributed by atoms with E-state index in [2.05, 4.69) is 19.9 Å². The lowest BCUT2D eigenvalue weighted by atomic mass is 10.2. The molecule has 170 valence electrons. The van der Waals surface area contributed by atoms with Crippen LogP contribution in [0.25, 0.3) is 0 Å². The van der Waals surface area contributed by atoms with Crippen molar-refractivity contribution in [1.29, 1.82) is 0 Å². The molecule has 8 nitrogen and oxygen atoms in total. The molecule has 2 rings (SSSR count). The fourth-order valence-electron chi connectivity index (χ4n) is 2.71. The number of benzene rings is 1. The monoisotopic (exact) mass is 456 g/mol. The number of hydrogen-bond donors (Lipinski definition) is 3. The number of aromatic carboxylic acids is 1. The number of nitrogens with zero attached hydrogens (tertiary/aromatic N) is 2. The molecule has 0 spiro atoms. The lowest BCUT2D eigenvalue weighted by Gasteiger charge is -2.09. The third-order valence-corrected chi connectivity index (χ3v) is 5.08. The van der Waals surface area contributed by atoms with Crippen LogP contribution in [0.5, 0.6) is 5.88 Å². The van der Waals surface area contributed by atoms with Gasteiger partial charge in [0.05, 0.1) is 5.56 Å². The summed E-state index contributed by atoms with van der Waals surface area (Å²) < 4.78 is 36.5. The number of rotatable bonds is 12. The van der Waals surface area contributed by atoms with Crippen LogP contribution in [0.1, 0.15) is 41.6 Å². The minimum absolute atomic E-state index is 0.0278. The molecule has 0 radical (unpaired) electrons. The van der Waals surface area contributed by atoms with E-state index in [0.29, 0.717) is 18.1 Å². The van der Waals surface area contributed by atoms with Crippen molar-refractivity contribution in [3.8, 4) is 5.88 Å². The Morgan fingerprint density at radius 2 is 1.84 bits per heavy atom. The predicted octanol–water partition coefficient (Wildman–Crippen LogP) is 3.94. The molecule has 0 saturated heterocycles. The van der Waals surface area contributed by atoms with Gasteiger partial charge in [0.15, 0.2) is 5.56 Å². The minimum Gasteiger partial charge on any atom is -0.477 e. The lowest BCUT2D eigenvalue weighted by Crippen LogP contribution is -2.29. The number of carbonyl (C=O) groups is 2. The second-order valence-electron chi connectivity index (χ2n) is 7.08. The number of amides is 2. The highest BCUT2D eigenvalue weighted by atomic mass is 32.1. The SMILES string of the molecule is CN(C)CCCCCCNC(=O)Nc1snc(OCc2c(F)cccc2F)c1C(=O)O. The van der Waals surface area contributed by atoms with Crippen molar-refractivity contribution >= 4 is 28.5 Å². The molecule has 0 aliphatic heterocycles. The van der Waals surface area contributed by atoms with Crippen molar-refractivity contribution in [3.05, 3.63) is 41.0 Å². The number of urea groups is 1. The van der Waals surface area contributed by atoms with Crippen molar-refractivity contribution in [3.63, 3.8) is 0 Å². The van der Waals surface area contributed by atoms with E-state index in [-0.39, 0.29) is 22.0 Å². The van der Waals surface area contributed by atoms with Crippen LogP contribution in [0.3, 0.4) is 0 Å². The molecule has 0 fully saturated rings. The van der Waals surface area contributed by atoms with Gasteiger partial charge in [-0.15, -0.1) is 0 Å². The average molecular weight is 457 g/mol. The van der Waals surface area contributed by atoms with Gasteiger partial charge in [-0.05, 0) is 57.1 Å². The Morgan fingerprint density at radius 3 is 2.48 bits per heavy atom. The van der Waals surface area contributed by atoms with Gasteiger partial charge >= 0.3 is 12.0 Å². The molecule has 0 aliphatic rings. The molecule has 3 N–H and O–H groups in total. The third-order valence-electron chi connectivity index (χ3n) is 4.33. The number of aromatic nitrogens is 1. The van der Waals surface area contributed by atoms with E-state index in [1.54, 1.807) is 0 Å². The standard InChI is InChI=1S/C20H26F2N4O4S/c1-26(2)11-6-4-3-5-10-23-20(29)24-18-16(19(27)28)17(25-31-18)30-12-13-14(21)8-7-9-15(13)22/h7-9H,3-6,10-12H2,1-2H3,(H,27,28)(H2,23,24,29). The number of ether oxygens (including phenoxy) is 1. The van der Waals surface area contributed by atoms with Gasteiger partial charge in [-0.1, -0.05) is 18.9 Å². The molecule has 0 saturated carbocycles. The van der Waals surface area contributed by atoms with Crippen LogP contribution >= 0.6 is 11.5 Å². The third kappa shape index (κ3) is 7.76. The van der Waals surface area contributed by atoms with E-state index in [4.69, 9.17) is 4.74 Å². The Labute approximate surface area is 183 Å². The highest BCUT2D eigenvalue weighted by molar-refractivity contribution is 7.11. The first-order valence-corrected chi connectivity index (χ1v) is 10.5. The van der Waals surface area contributed by atoms with Crippen molar-refractivity contribution in [2.75, 3.05) is 32.5 Å². The molecule has 1 aromatic heterocycles. The van der Waals surface area contributed by atoms with Gasteiger partial charge in [0.2, 0.25) is 5.88 Å². The summed E-state index contributed by atoms with van der Waals surface area (Å²) in [4.78, 5) is 25.8. The number of hydrogen-bond acceptors (Lipinski definition) is 6. The molecule has 2 aromatic rings. The topological polar surface area (TPSA) is 104 Å². The molecule has 1 heterocycles. The van der Waals surface area contributed by atoms with Crippen molar-refractivity contribution < 1.29 is 28.2 Å². The summed E-state index contributed by atoms with van der Waals surface area (Å²) in [5, 5.41) is 14.5. The molecule has 2 amide bonds. The van der Waals surface area contributed by atoms with Crippen LogP contribution in [0.4, 0.5) is 18.6 Å². The molecule has 0 unspecified atom stereocenters. The second kappa shape index (κ2) is 12.2. The zero-order valence-corrected chi connectivity index (χ0v) is 18.2. The normalized spacial score (nSPS) is 10.9. The van der Waals surface area contributed by atoms with Crippen LogP contribution in [-0.4, -0.2) is 53.6 Å². The molecular formula is C20H26F2N4O4S. The van der Waals surface area contributed by atoms with Crippen LogP contribution in [0.2, 0.25) is 0 Å². The first-order chi connectivity index (χ1) is 14.8. The zero-order valence-electron chi connectivity index (χ0n) is 17.4. The van der Waals surface area contributed by atoms with Gasteiger partial charge in [-0.2, -0.15) is 4.37 Å². The highest BCUT2D eigenvalue weighted by Crippen LogP contribution is 2.31. The summed E-state index contributed by atoms with van der Waals surface area (Å²) in [6.07, 6.45) is 3.92. The van der Waals surface area contributed by atoms with E-state index in [1.165, 1.54) is 6.07 Å². The molecule has 0 aliphatic carbocycles. The zero-order chi connectivity index (χ0) is 22.8. The first kappa shape index (κ1) is 24.5. The highest BCUT2D eigenvalue weighted by Gasteiger charge is 2.24.